The molecular weight excluding hydrogens is 252 g/mol. The van der Waals surface area contributed by atoms with Crippen molar-refractivity contribution in [2.24, 2.45) is 0 Å². The Morgan fingerprint density at radius 1 is 1.30 bits per heavy atom. The lowest BCUT2D eigenvalue weighted by Gasteiger charge is -2.15. The van der Waals surface area contributed by atoms with Gasteiger partial charge in [0.15, 0.2) is 6.29 Å². The molecule has 1 amide bonds. The summed E-state index contributed by atoms with van der Waals surface area (Å²) < 4.78 is 1.88. The van der Waals surface area contributed by atoms with Crippen LogP contribution in [0.4, 0.5) is 0 Å². The maximum Gasteiger partial charge on any atom is 0.240 e. The standard InChI is InChI=1S/C16H20N2O2/c1-3-13(4-2)17-16(20)10-18-9-8-14-12(11-19)6-5-7-15(14)18/h5-9,11,13H,3-4,10H2,1-2H3,(H,17,20). The summed E-state index contributed by atoms with van der Waals surface area (Å²) in [5, 5.41) is 3.91. The van der Waals surface area contributed by atoms with Gasteiger partial charge in [-0.2, -0.15) is 0 Å². The minimum atomic E-state index is 0.00714. The van der Waals surface area contributed by atoms with Gasteiger partial charge in [0.25, 0.3) is 0 Å². The van der Waals surface area contributed by atoms with Gasteiger partial charge in [-0.05, 0) is 25.0 Å². The zero-order chi connectivity index (χ0) is 14.5. The van der Waals surface area contributed by atoms with E-state index in [0.717, 1.165) is 30.0 Å². The Bertz CT molecular complexity index is 612. The number of aromatic nitrogens is 1. The van der Waals surface area contributed by atoms with Crippen molar-refractivity contribution >= 4 is 23.1 Å². The smallest absolute Gasteiger partial charge is 0.240 e. The first-order chi connectivity index (χ1) is 9.69. The Balaban J connectivity index is 2.18. The van der Waals surface area contributed by atoms with Crippen LogP contribution >= 0.6 is 0 Å². The largest absolute Gasteiger partial charge is 0.352 e. The zero-order valence-corrected chi connectivity index (χ0v) is 11.9. The van der Waals surface area contributed by atoms with Gasteiger partial charge < -0.3 is 9.88 Å². The van der Waals surface area contributed by atoms with Gasteiger partial charge in [-0.25, -0.2) is 0 Å². The molecule has 0 saturated carbocycles. The maximum absolute atomic E-state index is 12.0. The van der Waals surface area contributed by atoms with Crippen molar-refractivity contribution in [3.63, 3.8) is 0 Å². The van der Waals surface area contributed by atoms with E-state index in [4.69, 9.17) is 0 Å². The second-order valence-corrected chi connectivity index (χ2v) is 4.92. The fourth-order valence-electron chi connectivity index (χ4n) is 2.41. The predicted molar refractivity (Wildman–Crippen MR) is 79.8 cm³/mol. The molecule has 106 valence electrons. The van der Waals surface area contributed by atoms with Gasteiger partial charge in [-0.1, -0.05) is 26.0 Å². The molecule has 0 aliphatic heterocycles. The molecule has 2 rings (SSSR count). The fourth-order valence-corrected chi connectivity index (χ4v) is 2.41. The second kappa shape index (κ2) is 6.37. The van der Waals surface area contributed by atoms with Crippen LogP contribution in [0.25, 0.3) is 10.9 Å². The maximum atomic E-state index is 12.0. The minimum Gasteiger partial charge on any atom is -0.352 e. The number of nitrogens with zero attached hydrogens (tertiary/aromatic N) is 1. The summed E-state index contributed by atoms with van der Waals surface area (Å²) in [6.45, 7) is 4.41. The number of carbonyl (C=O) groups is 2. The summed E-state index contributed by atoms with van der Waals surface area (Å²) in [6.07, 6.45) is 4.56. The fraction of sp³-hybridized carbons (Fsp3) is 0.375. The molecule has 1 N–H and O–H groups in total. The molecule has 0 radical (unpaired) electrons. The second-order valence-electron chi connectivity index (χ2n) is 4.92. The van der Waals surface area contributed by atoms with E-state index in [2.05, 4.69) is 19.2 Å². The lowest BCUT2D eigenvalue weighted by molar-refractivity contribution is -0.122. The van der Waals surface area contributed by atoms with Crippen LogP contribution in [0, 0.1) is 0 Å². The van der Waals surface area contributed by atoms with Crippen LogP contribution < -0.4 is 5.32 Å². The van der Waals surface area contributed by atoms with E-state index in [1.54, 1.807) is 6.07 Å². The van der Waals surface area contributed by atoms with Crippen molar-refractivity contribution in [2.45, 2.75) is 39.3 Å². The number of hydrogen-bond acceptors (Lipinski definition) is 2. The van der Waals surface area contributed by atoms with Crippen molar-refractivity contribution in [3.8, 4) is 0 Å². The number of benzene rings is 1. The Morgan fingerprint density at radius 2 is 2.05 bits per heavy atom. The van der Waals surface area contributed by atoms with E-state index in [1.165, 1.54) is 0 Å². The molecule has 1 aromatic heterocycles. The summed E-state index contributed by atoms with van der Waals surface area (Å²) in [5.41, 5.74) is 1.57. The highest BCUT2D eigenvalue weighted by molar-refractivity contribution is 5.97. The highest BCUT2D eigenvalue weighted by Gasteiger charge is 2.11. The number of rotatable bonds is 6. The molecule has 0 atom stereocenters. The normalized spacial score (nSPS) is 10.9. The predicted octanol–water partition coefficient (Wildman–Crippen LogP) is 2.76. The number of aldehydes is 1. The molecule has 1 aromatic carbocycles. The van der Waals surface area contributed by atoms with Crippen molar-refractivity contribution in [2.75, 3.05) is 0 Å². The molecule has 0 aliphatic carbocycles. The van der Waals surface area contributed by atoms with Crippen LogP contribution in [0.15, 0.2) is 30.5 Å². The lowest BCUT2D eigenvalue weighted by atomic mass is 10.1. The first-order valence-electron chi connectivity index (χ1n) is 7.02. The van der Waals surface area contributed by atoms with Crippen LogP contribution in [-0.4, -0.2) is 22.8 Å². The van der Waals surface area contributed by atoms with Crippen LogP contribution in [0.1, 0.15) is 37.0 Å². The molecule has 4 heteroatoms. The first kappa shape index (κ1) is 14.3. The Hall–Kier alpha value is -2.10. The van der Waals surface area contributed by atoms with Gasteiger partial charge in [0.1, 0.15) is 6.54 Å². The Kier molecular flexibility index (Phi) is 4.56. The average molecular weight is 272 g/mol. The summed E-state index contributed by atoms with van der Waals surface area (Å²) >= 11 is 0. The number of nitrogens with one attached hydrogen (secondary N) is 1. The van der Waals surface area contributed by atoms with Crippen LogP contribution in [-0.2, 0) is 11.3 Å². The van der Waals surface area contributed by atoms with E-state index < -0.39 is 0 Å². The molecule has 0 fully saturated rings. The summed E-state index contributed by atoms with van der Waals surface area (Å²) in [6, 6.07) is 7.65. The monoisotopic (exact) mass is 272 g/mol. The van der Waals surface area contributed by atoms with Gasteiger partial charge >= 0.3 is 0 Å². The molecule has 0 saturated heterocycles. The summed E-state index contributed by atoms with van der Waals surface area (Å²) in [7, 11) is 0. The highest BCUT2D eigenvalue weighted by Crippen LogP contribution is 2.19. The van der Waals surface area contributed by atoms with Crippen molar-refractivity contribution in [1.82, 2.24) is 9.88 Å². The third kappa shape index (κ3) is 2.90. The molecule has 1 heterocycles. The molecule has 0 aliphatic rings. The topological polar surface area (TPSA) is 51.1 Å². The quantitative estimate of drug-likeness (QED) is 0.822. The van der Waals surface area contributed by atoms with Gasteiger partial charge in [0, 0.05) is 28.7 Å². The van der Waals surface area contributed by atoms with E-state index in [-0.39, 0.29) is 18.5 Å². The van der Waals surface area contributed by atoms with Gasteiger partial charge in [-0.15, -0.1) is 0 Å². The van der Waals surface area contributed by atoms with Crippen molar-refractivity contribution in [3.05, 3.63) is 36.0 Å². The lowest BCUT2D eigenvalue weighted by Crippen LogP contribution is -2.36. The van der Waals surface area contributed by atoms with E-state index in [9.17, 15) is 9.59 Å². The van der Waals surface area contributed by atoms with Crippen molar-refractivity contribution in [1.29, 1.82) is 0 Å². The van der Waals surface area contributed by atoms with E-state index >= 15 is 0 Å². The third-order valence-corrected chi connectivity index (χ3v) is 3.64. The molecule has 20 heavy (non-hydrogen) atoms. The average Bonchev–Trinajstić information content (AvgIpc) is 2.87. The number of carbonyl (C=O) groups excluding carboxylic acids is 2. The van der Waals surface area contributed by atoms with Gasteiger partial charge in [0.2, 0.25) is 5.91 Å². The molecule has 0 unspecified atom stereocenters. The zero-order valence-electron chi connectivity index (χ0n) is 11.9. The number of fused-ring (bicyclic) bond motifs is 1. The first-order valence-corrected chi connectivity index (χ1v) is 7.02. The van der Waals surface area contributed by atoms with Gasteiger partial charge in [-0.3, -0.25) is 9.59 Å². The summed E-state index contributed by atoms with van der Waals surface area (Å²) in [4.78, 5) is 23.0. The number of amides is 1. The highest BCUT2D eigenvalue weighted by atomic mass is 16.2. The molecule has 0 bridgehead atoms. The minimum absolute atomic E-state index is 0.00714. The van der Waals surface area contributed by atoms with Crippen molar-refractivity contribution < 1.29 is 9.59 Å². The SMILES string of the molecule is CCC(CC)NC(=O)Cn1ccc2c(C=O)cccc21. The molecule has 0 spiro atoms. The van der Waals surface area contributed by atoms with Crippen LogP contribution in [0.5, 0.6) is 0 Å². The number of hydrogen-bond donors (Lipinski definition) is 1. The summed E-state index contributed by atoms with van der Waals surface area (Å²) in [5.74, 6) is 0.00714. The Morgan fingerprint density at radius 3 is 2.70 bits per heavy atom. The van der Waals surface area contributed by atoms with E-state index in [0.29, 0.717) is 5.56 Å². The van der Waals surface area contributed by atoms with Gasteiger partial charge in [0.05, 0.1) is 0 Å². The Labute approximate surface area is 118 Å². The van der Waals surface area contributed by atoms with E-state index in [1.807, 2.05) is 29.0 Å². The molecular formula is C16H20N2O2. The van der Waals surface area contributed by atoms with Crippen LogP contribution in [0.3, 0.4) is 0 Å². The third-order valence-electron chi connectivity index (χ3n) is 3.64. The molecule has 2 aromatic rings. The molecule has 4 nitrogen and oxygen atoms in total. The van der Waals surface area contributed by atoms with Crippen LogP contribution in [0.2, 0.25) is 0 Å².